The minimum absolute atomic E-state index is 0.157. The van der Waals surface area contributed by atoms with Gasteiger partial charge >= 0.3 is 0 Å². The molecule has 3 rings (SSSR count). The maximum Gasteiger partial charge on any atom is 0.246 e. The van der Waals surface area contributed by atoms with E-state index in [1.807, 2.05) is 26.1 Å². The molecular weight excluding hydrogens is 276 g/mol. The van der Waals surface area contributed by atoms with E-state index in [4.69, 9.17) is 19.9 Å². The van der Waals surface area contributed by atoms with E-state index in [0.29, 0.717) is 12.0 Å². The zero-order valence-corrected chi connectivity index (χ0v) is 12.1. The molecule has 3 unspecified atom stereocenters. The van der Waals surface area contributed by atoms with Gasteiger partial charge in [0.2, 0.25) is 5.91 Å². The Labute approximate surface area is 122 Å². The lowest BCUT2D eigenvalue weighted by Gasteiger charge is -2.37. The molecule has 0 aliphatic carbocycles. The molecule has 0 spiro atoms. The predicted octanol–water partition coefficient (Wildman–Crippen LogP) is -0.186. The lowest BCUT2D eigenvalue weighted by atomic mass is 10.0. The molecule has 7 nitrogen and oxygen atoms in total. The average molecular weight is 296 g/mol. The highest BCUT2D eigenvalue weighted by atomic mass is 16.8. The van der Waals surface area contributed by atoms with Crippen molar-refractivity contribution in [2.75, 3.05) is 13.2 Å². The Morgan fingerprint density at radius 3 is 3.00 bits per heavy atom. The molecule has 0 bridgehead atoms. The van der Waals surface area contributed by atoms with Crippen LogP contribution in [0.2, 0.25) is 0 Å². The van der Waals surface area contributed by atoms with Crippen molar-refractivity contribution in [1.82, 2.24) is 4.90 Å². The van der Waals surface area contributed by atoms with E-state index in [2.05, 4.69) is 0 Å². The van der Waals surface area contributed by atoms with Gasteiger partial charge in [0, 0.05) is 18.0 Å². The van der Waals surface area contributed by atoms with Gasteiger partial charge in [-0.2, -0.15) is 0 Å². The molecule has 3 aliphatic rings. The number of amides is 1. The minimum Gasteiger partial charge on any atom is -0.394 e. The Bertz CT molecular complexity index is 515. The van der Waals surface area contributed by atoms with Gasteiger partial charge in [-0.3, -0.25) is 4.79 Å². The molecule has 21 heavy (non-hydrogen) atoms. The Morgan fingerprint density at radius 1 is 1.57 bits per heavy atom. The Kier molecular flexibility index (Phi) is 3.32. The average Bonchev–Trinajstić information content (AvgIpc) is 2.90. The van der Waals surface area contributed by atoms with Gasteiger partial charge < -0.3 is 30.0 Å². The molecule has 3 atom stereocenters. The van der Waals surface area contributed by atoms with Gasteiger partial charge in [-0.1, -0.05) is 6.08 Å². The fourth-order valence-corrected chi connectivity index (χ4v) is 3.08. The Morgan fingerprint density at radius 2 is 2.33 bits per heavy atom. The van der Waals surface area contributed by atoms with Crippen LogP contribution in [0.4, 0.5) is 0 Å². The van der Waals surface area contributed by atoms with Crippen molar-refractivity contribution >= 4 is 5.91 Å². The monoisotopic (exact) mass is 296 g/mol. The second kappa shape index (κ2) is 4.81. The van der Waals surface area contributed by atoms with Crippen molar-refractivity contribution in [2.24, 2.45) is 5.73 Å². The van der Waals surface area contributed by atoms with Crippen molar-refractivity contribution in [2.45, 2.75) is 44.0 Å². The van der Waals surface area contributed by atoms with Crippen LogP contribution in [0.3, 0.4) is 0 Å². The van der Waals surface area contributed by atoms with E-state index in [-0.39, 0.29) is 13.2 Å². The minimum atomic E-state index is -0.894. The predicted molar refractivity (Wildman–Crippen MR) is 72.5 cm³/mol. The van der Waals surface area contributed by atoms with E-state index >= 15 is 0 Å². The van der Waals surface area contributed by atoms with Crippen LogP contribution in [0.15, 0.2) is 24.0 Å². The largest absolute Gasteiger partial charge is 0.394 e. The normalized spacial score (nSPS) is 37.5. The topological polar surface area (TPSA) is 94.3 Å². The summed E-state index contributed by atoms with van der Waals surface area (Å²) in [4.78, 5) is 13.2. The number of aliphatic hydroxyl groups excluding tert-OH is 1. The number of aliphatic hydroxyl groups is 1. The number of rotatable bonds is 3. The maximum atomic E-state index is 11.4. The summed E-state index contributed by atoms with van der Waals surface area (Å²) < 4.78 is 17.6. The van der Waals surface area contributed by atoms with Gasteiger partial charge in [-0.25, -0.2) is 0 Å². The number of primary amides is 1. The SMILES string of the molecule is CC1(C)OC2C(CO)OCC2(N2C=CCC(C(N)=O)=C2)O1. The highest BCUT2D eigenvalue weighted by Crippen LogP contribution is 2.46. The Balaban J connectivity index is 1.96. The van der Waals surface area contributed by atoms with Crippen LogP contribution in [0.25, 0.3) is 0 Å². The van der Waals surface area contributed by atoms with Crippen LogP contribution in [0, 0.1) is 0 Å². The molecule has 3 aliphatic heterocycles. The molecule has 0 aromatic heterocycles. The fraction of sp³-hybridized carbons (Fsp3) is 0.643. The summed E-state index contributed by atoms with van der Waals surface area (Å²) in [5.74, 6) is -1.26. The van der Waals surface area contributed by atoms with Crippen LogP contribution in [-0.4, -0.2) is 52.8 Å². The first-order chi connectivity index (χ1) is 9.88. The summed E-state index contributed by atoms with van der Waals surface area (Å²) in [5.41, 5.74) is 4.96. The summed E-state index contributed by atoms with van der Waals surface area (Å²) in [5, 5.41) is 9.45. The molecule has 1 amide bonds. The van der Waals surface area contributed by atoms with Crippen molar-refractivity contribution in [3.05, 3.63) is 24.0 Å². The molecule has 7 heteroatoms. The molecule has 0 radical (unpaired) electrons. The van der Waals surface area contributed by atoms with E-state index < -0.39 is 29.6 Å². The summed E-state index contributed by atoms with van der Waals surface area (Å²) in [6.07, 6.45) is 4.91. The zero-order chi connectivity index (χ0) is 15.3. The van der Waals surface area contributed by atoms with Crippen LogP contribution in [0.5, 0.6) is 0 Å². The molecule has 0 aromatic carbocycles. The first-order valence-corrected chi connectivity index (χ1v) is 6.94. The fourth-order valence-electron chi connectivity index (χ4n) is 3.08. The number of fused-ring (bicyclic) bond motifs is 1. The lowest BCUT2D eigenvalue weighted by molar-refractivity contribution is -0.209. The number of nitrogens with zero attached hydrogens (tertiary/aromatic N) is 1. The van der Waals surface area contributed by atoms with Gasteiger partial charge in [-0.15, -0.1) is 0 Å². The van der Waals surface area contributed by atoms with Crippen LogP contribution in [-0.2, 0) is 19.0 Å². The maximum absolute atomic E-state index is 11.4. The van der Waals surface area contributed by atoms with E-state index in [1.165, 1.54) is 0 Å². The summed E-state index contributed by atoms with van der Waals surface area (Å²) in [6.45, 7) is 3.71. The number of allylic oxidation sites excluding steroid dienone is 1. The highest BCUT2D eigenvalue weighted by Gasteiger charge is 2.63. The van der Waals surface area contributed by atoms with E-state index in [1.54, 1.807) is 11.1 Å². The van der Waals surface area contributed by atoms with Crippen LogP contribution in [0.1, 0.15) is 20.3 Å². The number of nitrogens with two attached hydrogens (primary N) is 1. The smallest absolute Gasteiger partial charge is 0.246 e. The number of hydrogen-bond donors (Lipinski definition) is 2. The first-order valence-electron chi connectivity index (χ1n) is 6.94. The van der Waals surface area contributed by atoms with Crippen molar-refractivity contribution in [3.63, 3.8) is 0 Å². The molecule has 0 aromatic rings. The van der Waals surface area contributed by atoms with Gasteiger partial charge in [0.15, 0.2) is 11.5 Å². The molecule has 116 valence electrons. The van der Waals surface area contributed by atoms with Gasteiger partial charge in [0.1, 0.15) is 12.2 Å². The van der Waals surface area contributed by atoms with E-state index in [0.717, 1.165) is 0 Å². The zero-order valence-electron chi connectivity index (χ0n) is 12.1. The standard InChI is InChI=1S/C14H20N2O5/c1-13(2)20-11-10(7-17)19-8-14(11,21-13)16-5-3-4-9(6-16)12(15)18/h3,5-6,10-11,17H,4,7-8H2,1-2H3,(H2,15,18). The van der Waals surface area contributed by atoms with Gasteiger partial charge in [0.05, 0.1) is 13.2 Å². The van der Waals surface area contributed by atoms with E-state index in [9.17, 15) is 9.90 Å². The van der Waals surface area contributed by atoms with Crippen LogP contribution >= 0.6 is 0 Å². The Hall–Kier alpha value is -1.41. The summed E-state index contributed by atoms with van der Waals surface area (Å²) >= 11 is 0. The molecule has 3 N–H and O–H groups in total. The highest BCUT2D eigenvalue weighted by molar-refractivity contribution is 5.92. The summed E-state index contributed by atoms with van der Waals surface area (Å²) in [7, 11) is 0. The molecule has 0 saturated carbocycles. The number of ether oxygens (including phenoxy) is 3. The third-order valence-electron chi connectivity index (χ3n) is 3.95. The van der Waals surface area contributed by atoms with Crippen molar-refractivity contribution < 1.29 is 24.1 Å². The van der Waals surface area contributed by atoms with Gasteiger partial charge in [-0.05, 0) is 20.3 Å². The third kappa shape index (κ3) is 2.26. The van der Waals surface area contributed by atoms with Crippen LogP contribution < -0.4 is 5.73 Å². The lowest BCUT2D eigenvalue weighted by Crippen LogP contribution is -2.53. The quantitative estimate of drug-likeness (QED) is 0.750. The van der Waals surface area contributed by atoms with Crippen molar-refractivity contribution in [3.8, 4) is 0 Å². The van der Waals surface area contributed by atoms with Gasteiger partial charge in [0.25, 0.3) is 0 Å². The number of carbonyl (C=O) groups excluding carboxylic acids is 1. The molecular formula is C14H20N2O5. The first kappa shape index (κ1) is 14.5. The molecule has 2 saturated heterocycles. The number of carbonyl (C=O) groups is 1. The second-order valence-corrected chi connectivity index (χ2v) is 5.93. The summed E-state index contributed by atoms with van der Waals surface area (Å²) in [6, 6.07) is 0. The number of hydrogen-bond acceptors (Lipinski definition) is 6. The molecule has 2 fully saturated rings. The molecule has 3 heterocycles. The second-order valence-electron chi connectivity index (χ2n) is 5.93. The third-order valence-corrected chi connectivity index (χ3v) is 3.95. The van der Waals surface area contributed by atoms with Crippen molar-refractivity contribution in [1.29, 1.82) is 0 Å².